The Labute approximate surface area is 179 Å². The third kappa shape index (κ3) is 3.35. The Bertz CT molecular complexity index is 1240. The molecule has 1 aromatic carbocycles. The molecule has 1 aliphatic rings. The van der Waals surface area contributed by atoms with E-state index in [1.807, 2.05) is 0 Å². The number of aliphatic imine (C=N–C) groups is 1. The minimum atomic E-state index is -4.67. The maximum Gasteiger partial charge on any atom is 0.416 e. The van der Waals surface area contributed by atoms with Crippen molar-refractivity contribution in [2.75, 3.05) is 7.05 Å². The quantitative estimate of drug-likeness (QED) is 0.627. The highest BCUT2D eigenvalue weighted by molar-refractivity contribution is 6.08. The lowest BCUT2D eigenvalue weighted by Gasteiger charge is -2.26. The Hall–Kier alpha value is -3.89. The van der Waals surface area contributed by atoms with Gasteiger partial charge in [0.2, 0.25) is 5.54 Å². The van der Waals surface area contributed by atoms with Gasteiger partial charge in [0.15, 0.2) is 5.96 Å². The van der Waals surface area contributed by atoms with Crippen molar-refractivity contribution in [2.45, 2.75) is 18.6 Å². The van der Waals surface area contributed by atoms with Gasteiger partial charge in [-0.3, -0.25) is 14.7 Å². The van der Waals surface area contributed by atoms with E-state index < -0.39 is 29.0 Å². The molecule has 0 radical (unpaired) electrons. The van der Waals surface area contributed by atoms with Gasteiger partial charge in [0.25, 0.3) is 5.91 Å². The Kier molecular flexibility index (Phi) is 4.91. The molecule has 0 saturated heterocycles. The Morgan fingerprint density at radius 2 is 1.75 bits per heavy atom. The third-order valence-corrected chi connectivity index (χ3v) is 5.17. The summed E-state index contributed by atoms with van der Waals surface area (Å²) in [5.74, 6) is -1.10. The molecule has 11 heteroatoms. The molecule has 0 saturated carbocycles. The summed E-state index contributed by atoms with van der Waals surface area (Å²) in [6.07, 6.45) is -0.926. The molecule has 1 amide bonds. The minimum absolute atomic E-state index is 0.0463. The van der Waals surface area contributed by atoms with Crippen LogP contribution in [0.2, 0.25) is 0 Å². The zero-order valence-electron chi connectivity index (χ0n) is 16.9. The van der Waals surface area contributed by atoms with Crippen molar-refractivity contribution >= 4 is 11.9 Å². The minimum Gasteiger partial charge on any atom is -0.369 e. The van der Waals surface area contributed by atoms with E-state index >= 15 is 0 Å². The second-order valence-corrected chi connectivity index (χ2v) is 7.19. The van der Waals surface area contributed by atoms with Gasteiger partial charge in [-0.05, 0) is 36.8 Å². The van der Waals surface area contributed by atoms with E-state index in [9.17, 15) is 22.4 Å². The average molecular weight is 444 g/mol. The van der Waals surface area contributed by atoms with Crippen LogP contribution in [0.1, 0.15) is 22.6 Å². The standard InChI is InChI=1S/C21H16F4N6O/c1-11-28-9-12(10-29-11)15-7-13(3-4-16(15)22)20(18(32)31(2)19(26)30-20)17-8-14(5-6-27-17)21(23,24)25/h3-10H,1-2H3,(H2,26,30). The maximum atomic E-state index is 14.7. The van der Waals surface area contributed by atoms with Gasteiger partial charge in [-0.15, -0.1) is 0 Å². The van der Waals surface area contributed by atoms with Crippen LogP contribution in [-0.4, -0.2) is 38.8 Å². The molecule has 3 heterocycles. The van der Waals surface area contributed by atoms with Gasteiger partial charge in [-0.25, -0.2) is 19.4 Å². The lowest BCUT2D eigenvalue weighted by atomic mass is 9.84. The van der Waals surface area contributed by atoms with Crippen LogP contribution in [0, 0.1) is 12.7 Å². The molecule has 2 aromatic heterocycles. The number of nitrogens with zero attached hydrogens (tertiary/aromatic N) is 5. The van der Waals surface area contributed by atoms with Crippen molar-refractivity contribution in [2.24, 2.45) is 10.7 Å². The highest BCUT2D eigenvalue weighted by Gasteiger charge is 2.51. The number of likely N-dealkylation sites (N-methyl/N-ethyl adjacent to an activating group) is 1. The highest BCUT2D eigenvalue weighted by Crippen LogP contribution is 2.41. The molecule has 0 spiro atoms. The normalized spacial score (nSPS) is 18.8. The number of guanidine groups is 1. The number of carbonyl (C=O) groups excluding carboxylic acids is 1. The summed E-state index contributed by atoms with van der Waals surface area (Å²) in [7, 11) is 1.34. The van der Waals surface area contributed by atoms with Crippen molar-refractivity contribution < 1.29 is 22.4 Å². The predicted molar refractivity (Wildman–Crippen MR) is 107 cm³/mol. The smallest absolute Gasteiger partial charge is 0.369 e. The maximum absolute atomic E-state index is 14.7. The van der Waals surface area contributed by atoms with E-state index in [0.717, 1.165) is 29.3 Å². The molecule has 1 atom stereocenters. The first-order valence-corrected chi connectivity index (χ1v) is 9.30. The van der Waals surface area contributed by atoms with E-state index in [2.05, 4.69) is 19.9 Å². The van der Waals surface area contributed by atoms with Gasteiger partial charge >= 0.3 is 6.18 Å². The SMILES string of the molecule is Cc1ncc(-c2cc(C3(c4cc(C(F)(F)F)ccn4)N=C(N)N(C)C3=O)ccc2F)cn1. The van der Waals surface area contributed by atoms with Crippen LogP contribution in [0.15, 0.2) is 53.9 Å². The van der Waals surface area contributed by atoms with E-state index in [4.69, 9.17) is 5.73 Å². The number of aryl methyl sites for hydroxylation is 1. The topological polar surface area (TPSA) is 97.4 Å². The van der Waals surface area contributed by atoms with Gasteiger partial charge in [-0.2, -0.15) is 13.2 Å². The zero-order valence-corrected chi connectivity index (χ0v) is 16.9. The molecule has 3 aromatic rings. The fraction of sp³-hybridized carbons (Fsp3) is 0.190. The van der Waals surface area contributed by atoms with Crippen molar-refractivity contribution in [3.05, 3.63) is 77.4 Å². The van der Waals surface area contributed by atoms with E-state index in [-0.39, 0.29) is 22.8 Å². The lowest BCUT2D eigenvalue weighted by Crippen LogP contribution is -2.41. The molecule has 1 aliphatic heterocycles. The van der Waals surface area contributed by atoms with E-state index in [1.54, 1.807) is 6.92 Å². The number of benzene rings is 1. The Morgan fingerprint density at radius 3 is 2.34 bits per heavy atom. The van der Waals surface area contributed by atoms with E-state index in [0.29, 0.717) is 11.4 Å². The van der Waals surface area contributed by atoms with Crippen molar-refractivity contribution in [3.8, 4) is 11.1 Å². The molecule has 7 nitrogen and oxygen atoms in total. The van der Waals surface area contributed by atoms with Gasteiger partial charge in [0.1, 0.15) is 11.6 Å². The number of hydrogen-bond acceptors (Lipinski definition) is 6. The summed E-state index contributed by atoms with van der Waals surface area (Å²) in [4.78, 5) is 30.6. The number of hydrogen-bond donors (Lipinski definition) is 1. The molecule has 4 rings (SSSR count). The summed E-state index contributed by atoms with van der Waals surface area (Å²) < 4.78 is 54.7. The van der Waals surface area contributed by atoms with Gasteiger partial charge in [-0.1, -0.05) is 6.07 Å². The Balaban J connectivity index is 1.97. The van der Waals surface area contributed by atoms with Crippen LogP contribution in [0.25, 0.3) is 11.1 Å². The molecule has 1 unspecified atom stereocenters. The summed E-state index contributed by atoms with van der Waals surface area (Å²) in [5.41, 5.74) is 2.99. The second-order valence-electron chi connectivity index (χ2n) is 7.19. The molecular formula is C21H16F4N6O. The number of pyridine rings is 1. The monoisotopic (exact) mass is 444 g/mol. The Morgan fingerprint density at radius 1 is 1.06 bits per heavy atom. The molecule has 2 N–H and O–H groups in total. The number of amides is 1. The van der Waals surface area contributed by atoms with Crippen molar-refractivity contribution in [3.63, 3.8) is 0 Å². The first-order chi connectivity index (χ1) is 15.0. The summed E-state index contributed by atoms with van der Waals surface area (Å²) in [6, 6.07) is 5.21. The third-order valence-electron chi connectivity index (χ3n) is 5.17. The van der Waals surface area contributed by atoms with Crippen LogP contribution in [0.4, 0.5) is 17.6 Å². The van der Waals surface area contributed by atoms with Crippen LogP contribution in [0.3, 0.4) is 0 Å². The first-order valence-electron chi connectivity index (χ1n) is 9.30. The number of rotatable bonds is 3. The summed E-state index contributed by atoms with van der Waals surface area (Å²) in [5, 5.41) is 0. The molecular weight excluding hydrogens is 428 g/mol. The number of alkyl halides is 3. The number of nitrogens with two attached hydrogens (primary N) is 1. The number of halogens is 4. The highest BCUT2D eigenvalue weighted by atomic mass is 19.4. The summed E-state index contributed by atoms with van der Waals surface area (Å²) >= 11 is 0. The summed E-state index contributed by atoms with van der Waals surface area (Å²) in [6.45, 7) is 1.66. The first kappa shape index (κ1) is 21.3. The average Bonchev–Trinajstić information content (AvgIpc) is 2.99. The fourth-order valence-electron chi connectivity index (χ4n) is 3.45. The second kappa shape index (κ2) is 7.36. The molecule has 164 valence electrons. The number of carbonyl (C=O) groups is 1. The lowest BCUT2D eigenvalue weighted by molar-refractivity contribution is -0.138. The molecule has 0 fully saturated rings. The van der Waals surface area contributed by atoms with Crippen LogP contribution in [-0.2, 0) is 16.5 Å². The molecule has 0 bridgehead atoms. The van der Waals surface area contributed by atoms with Gasteiger partial charge < -0.3 is 5.73 Å². The molecule has 32 heavy (non-hydrogen) atoms. The van der Waals surface area contributed by atoms with Crippen molar-refractivity contribution in [1.29, 1.82) is 0 Å². The zero-order chi connectivity index (χ0) is 23.3. The largest absolute Gasteiger partial charge is 0.416 e. The van der Waals surface area contributed by atoms with E-state index in [1.165, 1.54) is 31.6 Å². The number of aromatic nitrogens is 3. The van der Waals surface area contributed by atoms with Crippen LogP contribution < -0.4 is 5.73 Å². The van der Waals surface area contributed by atoms with Crippen LogP contribution in [0.5, 0.6) is 0 Å². The van der Waals surface area contributed by atoms with Gasteiger partial charge in [0.05, 0.1) is 11.3 Å². The fourth-order valence-corrected chi connectivity index (χ4v) is 3.45. The predicted octanol–water partition coefficient (Wildman–Crippen LogP) is 3.04. The van der Waals surface area contributed by atoms with Crippen LogP contribution >= 0.6 is 0 Å². The molecule has 0 aliphatic carbocycles. The van der Waals surface area contributed by atoms with Crippen molar-refractivity contribution in [1.82, 2.24) is 19.9 Å². The van der Waals surface area contributed by atoms with Gasteiger partial charge in [0, 0.05) is 36.8 Å².